The lowest BCUT2D eigenvalue weighted by atomic mass is 10.1. The first-order valence-electron chi connectivity index (χ1n) is 8.85. The van der Waals surface area contributed by atoms with Crippen molar-refractivity contribution in [2.75, 3.05) is 19.0 Å². The minimum atomic E-state index is -1.09. The lowest BCUT2D eigenvalue weighted by Crippen LogP contribution is -2.26. The van der Waals surface area contributed by atoms with Gasteiger partial charge in [0, 0.05) is 0 Å². The molecule has 29 heavy (non-hydrogen) atoms. The van der Waals surface area contributed by atoms with E-state index in [-0.39, 0.29) is 28.1 Å². The van der Waals surface area contributed by atoms with Crippen LogP contribution in [0.4, 0.5) is 5.00 Å². The van der Waals surface area contributed by atoms with Gasteiger partial charge in [-0.05, 0) is 31.9 Å². The number of hydrogen-bond donors (Lipinski definition) is 2. The van der Waals surface area contributed by atoms with Crippen LogP contribution < -0.4 is 10.6 Å². The minimum Gasteiger partial charge on any atom is -0.465 e. The molecule has 2 N–H and O–H groups in total. The number of nitrogens with one attached hydrogen (secondary N) is 2. The van der Waals surface area contributed by atoms with Crippen LogP contribution in [-0.2, 0) is 19.1 Å². The molecule has 0 spiro atoms. The Morgan fingerprint density at radius 3 is 2.38 bits per heavy atom. The van der Waals surface area contributed by atoms with Crippen molar-refractivity contribution in [3.63, 3.8) is 0 Å². The monoisotopic (exact) mass is 418 g/mol. The molecule has 8 nitrogen and oxygen atoms in total. The Bertz CT molecular complexity index is 923. The van der Waals surface area contributed by atoms with Crippen LogP contribution in [0.25, 0.3) is 0 Å². The largest absolute Gasteiger partial charge is 0.465 e. The van der Waals surface area contributed by atoms with Crippen molar-refractivity contribution in [3.8, 4) is 0 Å². The highest BCUT2D eigenvalue weighted by molar-refractivity contribution is 7.18. The third-order valence-corrected chi connectivity index (χ3v) is 5.28. The molecule has 2 aromatic rings. The number of benzene rings is 1. The average Bonchev–Trinajstić information content (AvgIpc) is 3.04. The normalized spacial score (nSPS) is 11.3. The molecule has 1 heterocycles. The molecule has 0 unspecified atom stereocenters. The number of methoxy groups -OCH3 is 1. The standard InChI is InChI=1S/C20H22N2O6S/c1-5-28-20(26)17(24)22-18-14(19(25)27-4)11(2)15(29-18)16(23)21-12(3)13-9-7-6-8-10-13/h6-10,12H,5H2,1-4H3,(H,21,23)(H,22,24)/t12-/m0/s1. The predicted molar refractivity (Wildman–Crippen MR) is 108 cm³/mol. The number of amides is 2. The molecule has 0 bridgehead atoms. The highest BCUT2D eigenvalue weighted by Gasteiger charge is 2.28. The Kier molecular flexibility index (Phi) is 7.49. The maximum absolute atomic E-state index is 12.8. The van der Waals surface area contributed by atoms with Crippen molar-refractivity contribution in [3.05, 3.63) is 51.9 Å². The summed E-state index contributed by atoms with van der Waals surface area (Å²) in [6, 6.07) is 9.11. The lowest BCUT2D eigenvalue weighted by Gasteiger charge is -2.14. The van der Waals surface area contributed by atoms with Gasteiger partial charge >= 0.3 is 17.8 Å². The SMILES string of the molecule is CCOC(=O)C(=O)Nc1sc(C(=O)N[C@@H](C)c2ccccc2)c(C)c1C(=O)OC. The van der Waals surface area contributed by atoms with Gasteiger partial charge in [-0.15, -0.1) is 11.3 Å². The number of carbonyl (C=O) groups is 4. The number of ether oxygens (including phenoxy) is 2. The Balaban J connectivity index is 2.31. The van der Waals surface area contributed by atoms with Gasteiger partial charge in [-0.25, -0.2) is 9.59 Å². The van der Waals surface area contributed by atoms with Gasteiger partial charge < -0.3 is 20.1 Å². The second-order valence-electron chi connectivity index (χ2n) is 6.03. The summed E-state index contributed by atoms with van der Waals surface area (Å²) in [6.45, 7) is 5.01. The molecule has 2 amide bonds. The van der Waals surface area contributed by atoms with Gasteiger partial charge in [0.05, 0.1) is 30.2 Å². The Morgan fingerprint density at radius 2 is 1.79 bits per heavy atom. The zero-order valence-corrected chi connectivity index (χ0v) is 17.3. The smallest absolute Gasteiger partial charge is 0.397 e. The molecular weight excluding hydrogens is 396 g/mol. The van der Waals surface area contributed by atoms with E-state index < -0.39 is 23.8 Å². The molecule has 0 saturated carbocycles. The average molecular weight is 418 g/mol. The van der Waals surface area contributed by atoms with Crippen molar-refractivity contribution < 1.29 is 28.7 Å². The highest BCUT2D eigenvalue weighted by atomic mass is 32.1. The fraction of sp³-hybridized carbons (Fsp3) is 0.300. The molecule has 1 aromatic carbocycles. The molecule has 1 atom stereocenters. The maximum atomic E-state index is 12.8. The number of anilines is 1. The zero-order valence-electron chi connectivity index (χ0n) is 16.5. The summed E-state index contributed by atoms with van der Waals surface area (Å²) in [6.07, 6.45) is 0. The Morgan fingerprint density at radius 1 is 1.14 bits per heavy atom. The summed E-state index contributed by atoms with van der Waals surface area (Å²) in [4.78, 5) is 48.8. The van der Waals surface area contributed by atoms with Gasteiger partial charge in [-0.1, -0.05) is 30.3 Å². The van der Waals surface area contributed by atoms with Crippen molar-refractivity contribution in [2.45, 2.75) is 26.8 Å². The molecule has 0 radical (unpaired) electrons. The van der Waals surface area contributed by atoms with Gasteiger partial charge in [-0.2, -0.15) is 0 Å². The third-order valence-electron chi connectivity index (χ3n) is 4.08. The molecule has 0 aliphatic rings. The first kappa shape index (κ1) is 22.1. The van der Waals surface area contributed by atoms with E-state index in [0.29, 0.717) is 5.56 Å². The van der Waals surface area contributed by atoms with Gasteiger partial charge in [0.2, 0.25) is 0 Å². The summed E-state index contributed by atoms with van der Waals surface area (Å²) < 4.78 is 9.41. The summed E-state index contributed by atoms with van der Waals surface area (Å²) in [5.41, 5.74) is 1.28. The van der Waals surface area contributed by atoms with E-state index in [1.54, 1.807) is 13.8 Å². The van der Waals surface area contributed by atoms with E-state index in [1.807, 2.05) is 37.3 Å². The van der Waals surface area contributed by atoms with Crippen LogP contribution in [0.2, 0.25) is 0 Å². The summed E-state index contributed by atoms with van der Waals surface area (Å²) in [5.74, 6) is -3.26. The molecule has 0 aliphatic carbocycles. The second-order valence-corrected chi connectivity index (χ2v) is 7.05. The van der Waals surface area contributed by atoms with Crippen molar-refractivity contribution in [1.82, 2.24) is 5.32 Å². The van der Waals surface area contributed by atoms with Crippen LogP contribution in [0.5, 0.6) is 0 Å². The van der Waals surface area contributed by atoms with Crippen LogP contribution in [-0.4, -0.2) is 37.5 Å². The number of rotatable bonds is 6. The summed E-state index contributed by atoms with van der Waals surface area (Å²) in [7, 11) is 1.19. The molecule has 1 aromatic heterocycles. The molecule has 154 valence electrons. The highest BCUT2D eigenvalue weighted by Crippen LogP contribution is 2.34. The van der Waals surface area contributed by atoms with E-state index >= 15 is 0 Å². The van der Waals surface area contributed by atoms with E-state index in [9.17, 15) is 19.2 Å². The van der Waals surface area contributed by atoms with E-state index in [2.05, 4.69) is 15.4 Å². The van der Waals surface area contributed by atoms with Crippen LogP contribution in [0, 0.1) is 6.92 Å². The van der Waals surface area contributed by atoms with E-state index in [0.717, 1.165) is 16.9 Å². The molecule has 0 saturated heterocycles. The van der Waals surface area contributed by atoms with E-state index in [4.69, 9.17) is 4.74 Å². The molecular formula is C20H22N2O6S. The van der Waals surface area contributed by atoms with E-state index in [1.165, 1.54) is 7.11 Å². The molecule has 0 aliphatic heterocycles. The third kappa shape index (κ3) is 5.20. The predicted octanol–water partition coefficient (Wildman–Crippen LogP) is 2.84. The number of carbonyl (C=O) groups excluding carboxylic acids is 4. The first-order valence-corrected chi connectivity index (χ1v) is 9.67. The molecule has 0 fully saturated rings. The Hall–Kier alpha value is -3.20. The van der Waals surface area contributed by atoms with Crippen LogP contribution in [0.3, 0.4) is 0 Å². The van der Waals surface area contributed by atoms with Crippen molar-refractivity contribution >= 4 is 40.1 Å². The maximum Gasteiger partial charge on any atom is 0.397 e. The molecule has 9 heteroatoms. The van der Waals surface area contributed by atoms with Gasteiger partial charge in [0.15, 0.2) is 0 Å². The van der Waals surface area contributed by atoms with Gasteiger partial charge in [-0.3, -0.25) is 9.59 Å². The molecule has 2 rings (SSSR count). The van der Waals surface area contributed by atoms with Crippen molar-refractivity contribution in [2.24, 2.45) is 0 Å². The first-order chi connectivity index (χ1) is 13.8. The van der Waals surface area contributed by atoms with Crippen LogP contribution in [0.15, 0.2) is 30.3 Å². The van der Waals surface area contributed by atoms with Gasteiger partial charge in [0.1, 0.15) is 5.00 Å². The van der Waals surface area contributed by atoms with Crippen LogP contribution >= 0.6 is 11.3 Å². The second kappa shape index (κ2) is 9.83. The number of thiophene rings is 1. The zero-order chi connectivity index (χ0) is 21.6. The fourth-order valence-electron chi connectivity index (χ4n) is 2.60. The summed E-state index contributed by atoms with van der Waals surface area (Å²) in [5, 5.41) is 5.24. The summed E-state index contributed by atoms with van der Waals surface area (Å²) >= 11 is 0.886. The topological polar surface area (TPSA) is 111 Å². The minimum absolute atomic E-state index is 0.0210. The quantitative estimate of drug-likeness (QED) is 0.551. The van der Waals surface area contributed by atoms with Gasteiger partial charge in [0.25, 0.3) is 5.91 Å². The number of esters is 2. The Labute approximate surface area is 172 Å². The van der Waals surface area contributed by atoms with Crippen molar-refractivity contribution in [1.29, 1.82) is 0 Å². The van der Waals surface area contributed by atoms with Crippen LogP contribution in [0.1, 0.15) is 51.0 Å². The lowest BCUT2D eigenvalue weighted by molar-refractivity contribution is -0.152. The number of hydrogen-bond acceptors (Lipinski definition) is 7. The fourth-order valence-corrected chi connectivity index (χ4v) is 3.70.